The number of benzene rings is 1. The number of nitrogens with one attached hydrogen (secondary N) is 1. The zero-order valence-electron chi connectivity index (χ0n) is 15.6. The summed E-state index contributed by atoms with van der Waals surface area (Å²) in [5.41, 5.74) is 8.10. The van der Waals surface area contributed by atoms with Gasteiger partial charge < -0.3 is 25.5 Å². The Morgan fingerprint density at radius 3 is 2.70 bits per heavy atom. The van der Waals surface area contributed by atoms with E-state index in [1.807, 2.05) is 6.07 Å². The lowest BCUT2D eigenvalue weighted by atomic mass is 9.95. The summed E-state index contributed by atoms with van der Waals surface area (Å²) in [5.74, 6) is -0.259. The summed E-state index contributed by atoms with van der Waals surface area (Å²) in [5, 5.41) is 9.66. The van der Waals surface area contributed by atoms with E-state index in [0.29, 0.717) is 28.6 Å². The monoisotopic (exact) mass is 371 g/mol. The second kappa shape index (κ2) is 6.56. The smallest absolute Gasteiger partial charge is 0.341 e. The molecule has 2 aliphatic rings. The standard InChI is InChI=1S/C20H25N3O4/c1-10-3-6-12(21)9-23(10)17-13(11-4-5-11)7-14-16(19(17)27-2)22-8-15(18(14)24)20(25)26/h7-8,10-12H,3-6,9,21H2,1-2H3,(H,22,24)(H,25,26). The average Bonchev–Trinajstić information content (AvgIpc) is 3.47. The third-order valence-corrected chi connectivity index (χ3v) is 5.79. The van der Waals surface area contributed by atoms with Crippen LogP contribution in [-0.2, 0) is 0 Å². The van der Waals surface area contributed by atoms with E-state index in [2.05, 4.69) is 16.8 Å². The van der Waals surface area contributed by atoms with E-state index in [4.69, 9.17) is 10.5 Å². The van der Waals surface area contributed by atoms with Gasteiger partial charge in [-0.25, -0.2) is 4.79 Å². The maximum absolute atomic E-state index is 12.7. The third-order valence-electron chi connectivity index (χ3n) is 5.79. The molecule has 1 saturated heterocycles. The Morgan fingerprint density at radius 1 is 1.33 bits per heavy atom. The predicted octanol–water partition coefficient (Wildman–Crippen LogP) is 2.43. The van der Waals surface area contributed by atoms with E-state index < -0.39 is 11.4 Å². The Balaban J connectivity index is 2.00. The van der Waals surface area contributed by atoms with Crippen LogP contribution in [0.25, 0.3) is 10.9 Å². The van der Waals surface area contributed by atoms with Crippen LogP contribution >= 0.6 is 0 Å². The molecule has 1 aliphatic heterocycles. The number of carbonyl (C=O) groups is 1. The number of aromatic nitrogens is 1. The molecule has 144 valence electrons. The van der Waals surface area contributed by atoms with E-state index in [1.165, 1.54) is 6.20 Å². The number of fused-ring (bicyclic) bond motifs is 1. The van der Waals surface area contributed by atoms with Crippen LogP contribution in [0.5, 0.6) is 5.75 Å². The largest absolute Gasteiger partial charge is 0.492 e. The van der Waals surface area contributed by atoms with Crippen molar-refractivity contribution in [3.8, 4) is 5.75 Å². The van der Waals surface area contributed by atoms with Crippen molar-refractivity contribution in [1.29, 1.82) is 0 Å². The lowest BCUT2D eigenvalue weighted by Gasteiger charge is -2.40. The number of methoxy groups -OCH3 is 1. The summed E-state index contributed by atoms with van der Waals surface area (Å²) >= 11 is 0. The number of ether oxygens (including phenoxy) is 1. The van der Waals surface area contributed by atoms with Gasteiger partial charge in [-0.1, -0.05) is 0 Å². The number of pyridine rings is 1. The summed E-state index contributed by atoms with van der Waals surface area (Å²) in [4.78, 5) is 29.4. The quantitative estimate of drug-likeness (QED) is 0.762. The van der Waals surface area contributed by atoms with Crippen molar-refractivity contribution in [2.75, 3.05) is 18.6 Å². The van der Waals surface area contributed by atoms with E-state index in [1.54, 1.807) is 7.11 Å². The summed E-state index contributed by atoms with van der Waals surface area (Å²) in [6.07, 6.45) is 5.37. The minimum absolute atomic E-state index is 0.0992. The van der Waals surface area contributed by atoms with E-state index in [0.717, 1.165) is 43.5 Å². The molecule has 1 aliphatic carbocycles. The van der Waals surface area contributed by atoms with Crippen LogP contribution < -0.4 is 20.8 Å². The number of carboxylic acid groups (broad SMARTS) is 1. The molecule has 0 amide bonds. The molecule has 2 unspecified atom stereocenters. The molecule has 2 atom stereocenters. The summed E-state index contributed by atoms with van der Waals surface area (Å²) < 4.78 is 5.77. The van der Waals surface area contributed by atoms with Crippen LogP contribution in [0.3, 0.4) is 0 Å². The number of hydrogen-bond acceptors (Lipinski definition) is 5. The van der Waals surface area contributed by atoms with E-state index in [-0.39, 0.29) is 11.6 Å². The average molecular weight is 371 g/mol. The topological polar surface area (TPSA) is 109 Å². The van der Waals surface area contributed by atoms with E-state index in [9.17, 15) is 14.7 Å². The van der Waals surface area contributed by atoms with Crippen molar-refractivity contribution >= 4 is 22.6 Å². The van der Waals surface area contributed by atoms with Gasteiger partial charge in [0.1, 0.15) is 5.56 Å². The zero-order chi connectivity index (χ0) is 19.3. The van der Waals surface area contributed by atoms with Crippen LogP contribution in [0.1, 0.15) is 54.4 Å². The highest BCUT2D eigenvalue weighted by atomic mass is 16.5. The molecule has 4 N–H and O–H groups in total. The zero-order valence-corrected chi connectivity index (χ0v) is 15.6. The van der Waals surface area contributed by atoms with Crippen LogP contribution in [0.15, 0.2) is 17.1 Å². The van der Waals surface area contributed by atoms with Crippen LogP contribution in [0.4, 0.5) is 5.69 Å². The van der Waals surface area contributed by atoms with Crippen LogP contribution in [0, 0.1) is 0 Å². The molecular formula is C20H25N3O4. The summed E-state index contributed by atoms with van der Waals surface area (Å²) in [7, 11) is 1.59. The van der Waals surface area contributed by atoms with Gasteiger partial charge in [0, 0.05) is 24.8 Å². The molecule has 0 spiro atoms. The first-order chi connectivity index (χ1) is 12.9. The predicted molar refractivity (Wildman–Crippen MR) is 104 cm³/mol. The van der Waals surface area contributed by atoms with Crippen LogP contribution in [0.2, 0.25) is 0 Å². The number of H-pyrrole nitrogens is 1. The number of rotatable bonds is 4. The maximum atomic E-state index is 12.7. The van der Waals surface area contributed by atoms with Gasteiger partial charge in [0.25, 0.3) is 0 Å². The van der Waals surface area contributed by atoms with E-state index >= 15 is 0 Å². The molecule has 1 aromatic carbocycles. The van der Waals surface area contributed by atoms with Gasteiger partial charge >= 0.3 is 5.97 Å². The number of aromatic carboxylic acids is 1. The third kappa shape index (κ3) is 2.96. The fourth-order valence-electron chi connectivity index (χ4n) is 4.15. The molecular weight excluding hydrogens is 346 g/mol. The number of hydrogen-bond donors (Lipinski definition) is 3. The molecule has 1 saturated carbocycles. The molecule has 2 heterocycles. The first-order valence-electron chi connectivity index (χ1n) is 9.44. The molecule has 7 nitrogen and oxygen atoms in total. The molecule has 27 heavy (non-hydrogen) atoms. The molecule has 4 rings (SSSR count). The van der Waals surface area contributed by atoms with Gasteiger partial charge in [-0.3, -0.25) is 4.79 Å². The molecule has 7 heteroatoms. The van der Waals surface area contributed by atoms with Crippen molar-refractivity contribution in [2.45, 2.75) is 50.6 Å². The minimum atomic E-state index is -1.23. The Bertz CT molecular complexity index is 964. The summed E-state index contributed by atoms with van der Waals surface area (Å²) in [6.45, 7) is 2.92. The van der Waals surface area contributed by atoms with Crippen molar-refractivity contribution in [1.82, 2.24) is 4.98 Å². The molecule has 0 radical (unpaired) electrons. The highest BCUT2D eigenvalue weighted by Crippen LogP contribution is 2.50. The van der Waals surface area contributed by atoms with Crippen molar-refractivity contribution in [2.24, 2.45) is 5.73 Å². The van der Waals surface area contributed by atoms with Gasteiger partial charge in [0.2, 0.25) is 5.43 Å². The van der Waals surface area contributed by atoms with Crippen molar-refractivity contribution in [3.05, 3.63) is 33.6 Å². The number of piperidine rings is 1. The van der Waals surface area contributed by atoms with Gasteiger partial charge in [0.15, 0.2) is 5.75 Å². The molecule has 2 fully saturated rings. The minimum Gasteiger partial charge on any atom is -0.492 e. The number of aromatic amines is 1. The van der Waals surface area contributed by atoms with Crippen molar-refractivity contribution < 1.29 is 14.6 Å². The van der Waals surface area contributed by atoms with Gasteiger partial charge in [-0.15, -0.1) is 0 Å². The Labute approximate surface area is 157 Å². The Hall–Kier alpha value is -2.54. The van der Waals surface area contributed by atoms with Gasteiger partial charge in [-0.2, -0.15) is 0 Å². The van der Waals surface area contributed by atoms with Crippen molar-refractivity contribution in [3.63, 3.8) is 0 Å². The highest BCUT2D eigenvalue weighted by Gasteiger charge is 2.35. The first-order valence-corrected chi connectivity index (χ1v) is 9.44. The summed E-state index contributed by atoms with van der Waals surface area (Å²) in [6, 6.07) is 2.28. The molecule has 2 aromatic rings. The lowest BCUT2D eigenvalue weighted by Crippen LogP contribution is -2.48. The SMILES string of the molecule is COc1c(N2CC(N)CCC2C)c(C2CC2)cc2c(=O)c(C(=O)O)c[nH]c12. The number of nitrogens with two attached hydrogens (primary N) is 1. The highest BCUT2D eigenvalue weighted by molar-refractivity contribution is 5.97. The lowest BCUT2D eigenvalue weighted by molar-refractivity contribution is 0.0695. The fraction of sp³-hybridized carbons (Fsp3) is 0.500. The first kappa shape index (κ1) is 17.9. The van der Waals surface area contributed by atoms with Gasteiger partial charge in [0.05, 0.1) is 23.7 Å². The Kier molecular flexibility index (Phi) is 4.34. The molecule has 1 aromatic heterocycles. The number of nitrogens with zero attached hydrogens (tertiary/aromatic N) is 1. The normalized spacial score (nSPS) is 22.9. The maximum Gasteiger partial charge on any atom is 0.341 e. The van der Waals surface area contributed by atoms with Gasteiger partial charge in [-0.05, 0) is 50.2 Å². The molecule has 0 bridgehead atoms. The number of carboxylic acids is 1. The number of anilines is 1. The Morgan fingerprint density at radius 2 is 2.07 bits per heavy atom. The fourth-order valence-corrected chi connectivity index (χ4v) is 4.15. The van der Waals surface area contributed by atoms with Crippen LogP contribution in [-0.4, -0.2) is 41.8 Å². The second-order valence-corrected chi connectivity index (χ2v) is 7.72. The second-order valence-electron chi connectivity index (χ2n) is 7.72.